The van der Waals surface area contributed by atoms with E-state index in [0.29, 0.717) is 26.0 Å². The number of nitrogens with two attached hydrogens (primary N) is 1. The van der Waals surface area contributed by atoms with Crippen molar-refractivity contribution in [2.45, 2.75) is 19.5 Å². The number of fused-ring (bicyclic) bond motifs is 1. The van der Waals surface area contributed by atoms with Crippen LogP contribution in [0.4, 0.5) is 10.1 Å². The van der Waals surface area contributed by atoms with Crippen LogP contribution < -0.4 is 5.73 Å². The Morgan fingerprint density at radius 3 is 2.58 bits per heavy atom. The molecule has 2 aromatic heterocycles. The Morgan fingerprint density at radius 1 is 1.27 bits per heavy atom. The predicted molar refractivity (Wildman–Crippen MR) is 101 cm³/mol. The number of benzene rings is 1. The molecule has 0 bridgehead atoms. The smallest absolute Gasteiger partial charge is 0.266 e. The zero-order valence-corrected chi connectivity index (χ0v) is 15.8. The van der Waals surface area contributed by atoms with E-state index in [0.717, 1.165) is 16.6 Å². The summed E-state index contributed by atoms with van der Waals surface area (Å²) in [7, 11) is 0. The molecule has 0 spiro atoms. The van der Waals surface area contributed by atoms with Crippen molar-refractivity contribution in [3.05, 3.63) is 51.0 Å². The lowest BCUT2D eigenvalue weighted by molar-refractivity contribution is -0.0227. The van der Waals surface area contributed by atoms with Crippen molar-refractivity contribution in [1.82, 2.24) is 15.1 Å². The van der Waals surface area contributed by atoms with Gasteiger partial charge in [0.1, 0.15) is 9.71 Å². The number of anilines is 1. The van der Waals surface area contributed by atoms with E-state index >= 15 is 4.39 Å². The SMILES string of the molecule is Cc1nnc2sc(C(=O)N3CC(F)(c4ccc(Cl)cc4)C3)c(N)c2c1C. The van der Waals surface area contributed by atoms with Crippen molar-refractivity contribution in [2.24, 2.45) is 0 Å². The number of halogens is 2. The second-order valence-electron chi connectivity index (χ2n) is 6.57. The number of carbonyl (C=O) groups is 1. The van der Waals surface area contributed by atoms with Crippen molar-refractivity contribution in [3.63, 3.8) is 0 Å². The molecule has 1 aliphatic heterocycles. The summed E-state index contributed by atoms with van der Waals surface area (Å²) in [5.74, 6) is -0.273. The third-order valence-electron chi connectivity index (χ3n) is 4.86. The van der Waals surface area contributed by atoms with Gasteiger partial charge in [-0.2, -0.15) is 5.10 Å². The summed E-state index contributed by atoms with van der Waals surface area (Å²) in [5.41, 5.74) is 7.25. The molecule has 1 fully saturated rings. The van der Waals surface area contributed by atoms with Crippen LogP contribution in [0, 0.1) is 13.8 Å². The molecule has 1 saturated heterocycles. The van der Waals surface area contributed by atoms with E-state index in [1.165, 1.54) is 16.2 Å². The summed E-state index contributed by atoms with van der Waals surface area (Å²) in [4.78, 5) is 15.3. The molecule has 134 valence electrons. The van der Waals surface area contributed by atoms with Gasteiger partial charge in [0.25, 0.3) is 5.91 Å². The van der Waals surface area contributed by atoms with Gasteiger partial charge >= 0.3 is 0 Å². The molecule has 4 rings (SSSR count). The van der Waals surface area contributed by atoms with Gasteiger partial charge in [-0.05, 0) is 37.1 Å². The van der Waals surface area contributed by atoms with Crippen LogP contribution in [0.1, 0.15) is 26.5 Å². The first-order chi connectivity index (χ1) is 12.3. The van der Waals surface area contributed by atoms with E-state index in [1.807, 2.05) is 13.8 Å². The lowest BCUT2D eigenvalue weighted by atomic mass is 9.88. The first-order valence-corrected chi connectivity index (χ1v) is 9.26. The molecule has 0 saturated carbocycles. The first-order valence-electron chi connectivity index (χ1n) is 8.06. The zero-order valence-electron chi connectivity index (χ0n) is 14.2. The van der Waals surface area contributed by atoms with E-state index < -0.39 is 5.67 Å². The van der Waals surface area contributed by atoms with Gasteiger partial charge in [-0.1, -0.05) is 23.7 Å². The third-order valence-corrected chi connectivity index (χ3v) is 6.19. The molecule has 1 aromatic carbocycles. The van der Waals surface area contributed by atoms with Crippen LogP contribution in [0.2, 0.25) is 5.02 Å². The van der Waals surface area contributed by atoms with Gasteiger partial charge in [0.2, 0.25) is 0 Å². The van der Waals surface area contributed by atoms with Gasteiger partial charge in [0.05, 0.1) is 24.5 Å². The zero-order chi connectivity index (χ0) is 18.6. The van der Waals surface area contributed by atoms with E-state index in [-0.39, 0.29) is 19.0 Å². The van der Waals surface area contributed by atoms with Crippen molar-refractivity contribution in [1.29, 1.82) is 0 Å². The number of rotatable bonds is 2. The van der Waals surface area contributed by atoms with Crippen molar-refractivity contribution in [2.75, 3.05) is 18.8 Å². The Kier molecular flexibility index (Phi) is 3.89. The number of likely N-dealkylation sites (tertiary alicyclic amines) is 1. The van der Waals surface area contributed by atoms with Crippen LogP contribution in [0.5, 0.6) is 0 Å². The summed E-state index contributed by atoms with van der Waals surface area (Å²) < 4.78 is 15.0. The Hall–Kier alpha value is -2.25. The number of alkyl halides is 1. The second-order valence-corrected chi connectivity index (χ2v) is 8.00. The highest BCUT2D eigenvalue weighted by Gasteiger charge is 2.48. The fraction of sp³-hybridized carbons (Fsp3) is 0.278. The molecule has 1 aliphatic rings. The summed E-state index contributed by atoms with van der Waals surface area (Å²) in [6, 6.07) is 6.60. The maximum absolute atomic E-state index is 15.0. The van der Waals surface area contributed by atoms with E-state index in [2.05, 4.69) is 10.2 Å². The van der Waals surface area contributed by atoms with Crippen molar-refractivity contribution in [3.8, 4) is 0 Å². The lowest BCUT2D eigenvalue weighted by Gasteiger charge is -2.44. The van der Waals surface area contributed by atoms with Gasteiger partial charge < -0.3 is 10.6 Å². The number of amides is 1. The van der Waals surface area contributed by atoms with Gasteiger partial charge in [-0.15, -0.1) is 16.4 Å². The number of hydrogen-bond acceptors (Lipinski definition) is 5. The fourth-order valence-corrected chi connectivity index (χ4v) is 4.37. The molecule has 8 heteroatoms. The van der Waals surface area contributed by atoms with Gasteiger partial charge in [-0.25, -0.2) is 4.39 Å². The minimum atomic E-state index is -1.56. The van der Waals surface area contributed by atoms with Crippen LogP contribution in [0.25, 0.3) is 10.2 Å². The largest absolute Gasteiger partial charge is 0.397 e. The topological polar surface area (TPSA) is 72.1 Å². The van der Waals surface area contributed by atoms with Crippen LogP contribution in [-0.4, -0.2) is 34.1 Å². The highest BCUT2D eigenvalue weighted by atomic mass is 35.5. The highest BCUT2D eigenvalue weighted by molar-refractivity contribution is 7.21. The minimum absolute atomic E-state index is 0.00909. The quantitative estimate of drug-likeness (QED) is 0.721. The Bertz CT molecular complexity index is 1030. The molecule has 3 heterocycles. The molecule has 0 unspecified atom stereocenters. The Balaban J connectivity index is 1.60. The van der Waals surface area contributed by atoms with Crippen LogP contribution in [0.15, 0.2) is 24.3 Å². The number of aromatic nitrogens is 2. The highest BCUT2D eigenvalue weighted by Crippen LogP contribution is 2.40. The predicted octanol–water partition coefficient (Wildman–Crippen LogP) is 3.86. The van der Waals surface area contributed by atoms with Crippen LogP contribution >= 0.6 is 22.9 Å². The first kappa shape index (κ1) is 17.2. The molecular weight excluding hydrogens is 375 g/mol. The normalized spacial score (nSPS) is 15.9. The monoisotopic (exact) mass is 390 g/mol. The van der Waals surface area contributed by atoms with Crippen molar-refractivity contribution < 1.29 is 9.18 Å². The summed E-state index contributed by atoms with van der Waals surface area (Å²) in [6.07, 6.45) is 0. The van der Waals surface area contributed by atoms with Gasteiger partial charge in [0, 0.05) is 10.4 Å². The summed E-state index contributed by atoms with van der Waals surface area (Å²) in [6.45, 7) is 3.73. The van der Waals surface area contributed by atoms with Gasteiger partial charge in [-0.3, -0.25) is 4.79 Å². The lowest BCUT2D eigenvalue weighted by Crippen LogP contribution is -2.58. The summed E-state index contributed by atoms with van der Waals surface area (Å²) in [5, 5.41) is 9.51. The maximum atomic E-state index is 15.0. The van der Waals surface area contributed by atoms with E-state index in [4.69, 9.17) is 17.3 Å². The summed E-state index contributed by atoms with van der Waals surface area (Å²) >= 11 is 7.05. The number of aryl methyl sites for hydroxylation is 2. The van der Waals surface area contributed by atoms with E-state index in [9.17, 15) is 4.79 Å². The van der Waals surface area contributed by atoms with Crippen LogP contribution in [-0.2, 0) is 5.67 Å². The molecule has 0 aliphatic carbocycles. The molecular formula is C18H16ClFN4OS. The fourth-order valence-electron chi connectivity index (χ4n) is 3.18. The van der Waals surface area contributed by atoms with Crippen molar-refractivity contribution >= 4 is 44.7 Å². The van der Waals surface area contributed by atoms with Crippen LogP contribution in [0.3, 0.4) is 0 Å². The number of nitrogens with zero attached hydrogens (tertiary/aromatic N) is 3. The third kappa shape index (κ3) is 2.54. The van der Waals surface area contributed by atoms with Gasteiger partial charge in [0.15, 0.2) is 5.67 Å². The number of thiophene rings is 1. The number of carbonyl (C=O) groups excluding carboxylic acids is 1. The average Bonchev–Trinajstić information content (AvgIpc) is 2.93. The number of hydrogen-bond donors (Lipinski definition) is 1. The molecule has 0 atom stereocenters. The molecule has 1 amide bonds. The Morgan fingerprint density at radius 2 is 1.92 bits per heavy atom. The molecule has 3 aromatic rings. The average molecular weight is 391 g/mol. The molecule has 26 heavy (non-hydrogen) atoms. The standard InChI is InChI=1S/C18H16ClFN4OS/c1-9-10(2)22-23-16-13(9)14(21)15(26-16)17(25)24-7-18(20,8-24)11-3-5-12(19)6-4-11/h3-6H,7-8,21H2,1-2H3. The molecule has 0 radical (unpaired) electrons. The molecule has 2 N–H and O–H groups in total. The number of nitrogen functional groups attached to an aromatic ring is 1. The van der Waals surface area contributed by atoms with E-state index in [1.54, 1.807) is 24.3 Å². The Labute approximate surface area is 158 Å². The second kappa shape index (κ2) is 5.89. The maximum Gasteiger partial charge on any atom is 0.266 e. The minimum Gasteiger partial charge on any atom is -0.397 e. The molecule has 5 nitrogen and oxygen atoms in total.